The first kappa shape index (κ1) is 21.7. The van der Waals surface area contributed by atoms with E-state index in [0.29, 0.717) is 29.0 Å². The third kappa shape index (κ3) is 4.95. The van der Waals surface area contributed by atoms with E-state index in [1.165, 1.54) is 23.5 Å². The van der Waals surface area contributed by atoms with Gasteiger partial charge in [-0.15, -0.1) is 11.3 Å². The molecule has 0 radical (unpaired) electrons. The van der Waals surface area contributed by atoms with Crippen molar-refractivity contribution in [1.29, 1.82) is 0 Å². The topological polar surface area (TPSA) is 67.8 Å². The number of benzene rings is 1. The van der Waals surface area contributed by atoms with Crippen LogP contribution in [0, 0.1) is 0 Å². The second kappa shape index (κ2) is 9.21. The number of aromatic nitrogens is 1. The van der Waals surface area contributed by atoms with Crippen LogP contribution < -0.4 is 15.4 Å². The Labute approximate surface area is 171 Å². The van der Waals surface area contributed by atoms with E-state index in [1.54, 1.807) is 11.6 Å². The highest BCUT2D eigenvalue weighted by molar-refractivity contribution is 7.13. The predicted molar refractivity (Wildman–Crippen MR) is 107 cm³/mol. The Balaban J connectivity index is 1.91. The summed E-state index contributed by atoms with van der Waals surface area (Å²) in [5.41, 5.74) is 0.596. The van der Waals surface area contributed by atoms with Gasteiger partial charge in [0.15, 0.2) is 11.9 Å². The van der Waals surface area contributed by atoms with E-state index in [1.807, 2.05) is 7.05 Å². The van der Waals surface area contributed by atoms with Crippen LogP contribution in [0.15, 0.2) is 28.7 Å². The number of ether oxygens (including phenoxy) is 2. The van der Waals surface area contributed by atoms with Crippen LogP contribution in [0.5, 0.6) is 5.75 Å². The smallest absolute Gasteiger partial charge is 0.418 e. The molecule has 1 aromatic heterocycles. The normalized spacial score (nSPS) is 20.2. The van der Waals surface area contributed by atoms with E-state index in [4.69, 9.17) is 9.47 Å². The quantitative estimate of drug-likeness (QED) is 0.596. The van der Waals surface area contributed by atoms with Gasteiger partial charge in [-0.05, 0) is 37.9 Å². The monoisotopic (exact) mass is 428 g/mol. The zero-order valence-electron chi connectivity index (χ0n) is 16.1. The minimum absolute atomic E-state index is 0.0733. The number of halogens is 3. The van der Waals surface area contributed by atoms with E-state index in [9.17, 15) is 13.2 Å². The number of nitrogens with zero attached hydrogens (tertiary/aromatic N) is 2. The van der Waals surface area contributed by atoms with Gasteiger partial charge < -0.3 is 20.1 Å². The maximum atomic E-state index is 13.4. The lowest BCUT2D eigenvalue weighted by Crippen LogP contribution is -2.58. The second-order valence-electron chi connectivity index (χ2n) is 6.73. The highest BCUT2D eigenvalue weighted by atomic mass is 32.1. The van der Waals surface area contributed by atoms with Gasteiger partial charge in [0, 0.05) is 37.3 Å². The number of hydrogen-bond acceptors (Lipinski definition) is 7. The van der Waals surface area contributed by atoms with Crippen LogP contribution in [0.4, 0.5) is 18.9 Å². The molecule has 0 bridgehead atoms. The lowest BCUT2D eigenvalue weighted by molar-refractivity contribution is -0.215. The summed E-state index contributed by atoms with van der Waals surface area (Å²) in [7, 11) is 2.92. The minimum atomic E-state index is -4.56. The zero-order chi connectivity index (χ0) is 21.0. The Morgan fingerprint density at radius 1 is 1.41 bits per heavy atom. The van der Waals surface area contributed by atoms with Gasteiger partial charge in [-0.1, -0.05) is 0 Å². The van der Waals surface area contributed by atoms with Crippen molar-refractivity contribution in [2.45, 2.75) is 30.8 Å². The maximum absolute atomic E-state index is 13.4. The van der Waals surface area contributed by atoms with Gasteiger partial charge in [0.05, 0.1) is 5.56 Å². The fourth-order valence-electron chi connectivity index (χ4n) is 3.37. The Kier molecular flexibility index (Phi) is 6.89. The van der Waals surface area contributed by atoms with Crippen LogP contribution in [-0.2, 0) is 4.74 Å². The first-order chi connectivity index (χ1) is 13.9. The first-order valence-corrected chi connectivity index (χ1v) is 9.92. The van der Waals surface area contributed by atoms with Gasteiger partial charge in [0.2, 0.25) is 0 Å². The molecule has 3 atom stereocenters. The average Bonchev–Trinajstić information content (AvgIpc) is 3.17. The molecule has 0 aliphatic carbocycles. The number of aliphatic imine (C=N–C) groups is 1. The third-order valence-electron chi connectivity index (χ3n) is 4.68. The number of rotatable bonds is 9. The molecule has 3 rings (SSSR count). The molecule has 1 saturated heterocycles. The molecule has 0 spiro atoms. The molecule has 158 valence electrons. The van der Waals surface area contributed by atoms with Crippen molar-refractivity contribution in [2.75, 3.05) is 27.3 Å². The fourth-order valence-corrected chi connectivity index (χ4v) is 4.02. The summed E-state index contributed by atoms with van der Waals surface area (Å²) < 4.78 is 50.9. The summed E-state index contributed by atoms with van der Waals surface area (Å²) in [4.78, 5) is 8.15. The molecule has 0 saturated carbocycles. The Morgan fingerprint density at radius 2 is 2.17 bits per heavy atom. The third-order valence-corrected chi connectivity index (χ3v) is 5.49. The second-order valence-corrected chi connectivity index (χ2v) is 7.63. The lowest BCUT2D eigenvalue weighted by atomic mass is 9.97. The molecule has 2 heterocycles. The molecule has 1 aromatic carbocycles. The number of thiazole rings is 1. The molecule has 29 heavy (non-hydrogen) atoms. The van der Waals surface area contributed by atoms with E-state index >= 15 is 0 Å². The highest BCUT2D eigenvalue weighted by Crippen LogP contribution is 2.45. The fraction of sp³-hybridized carbons (Fsp3) is 0.474. The van der Waals surface area contributed by atoms with E-state index < -0.39 is 12.3 Å². The van der Waals surface area contributed by atoms with Gasteiger partial charge in [-0.25, -0.2) is 4.98 Å². The SMILES string of the molecule is C=Nc1cc(C(OC)C(F)(F)F)cc(-c2nccs2)c1OCC1CC(CNC)N1. The molecule has 1 aliphatic heterocycles. The van der Waals surface area contributed by atoms with Crippen molar-refractivity contribution in [3.8, 4) is 16.3 Å². The van der Waals surface area contributed by atoms with Crippen LogP contribution in [0.25, 0.3) is 10.6 Å². The Hall–Kier alpha value is -2.01. The molecule has 2 N–H and O–H groups in total. The van der Waals surface area contributed by atoms with E-state index in [-0.39, 0.29) is 17.3 Å². The van der Waals surface area contributed by atoms with Gasteiger partial charge in [-0.2, -0.15) is 13.2 Å². The summed E-state index contributed by atoms with van der Waals surface area (Å²) >= 11 is 1.31. The van der Waals surface area contributed by atoms with Crippen molar-refractivity contribution in [2.24, 2.45) is 4.99 Å². The van der Waals surface area contributed by atoms with Gasteiger partial charge in [-0.3, -0.25) is 4.99 Å². The summed E-state index contributed by atoms with van der Waals surface area (Å²) in [6.07, 6.45) is -4.10. The van der Waals surface area contributed by atoms with Gasteiger partial charge in [0.1, 0.15) is 17.3 Å². The largest absolute Gasteiger partial charge is 0.489 e. The van der Waals surface area contributed by atoms with Crippen molar-refractivity contribution in [1.82, 2.24) is 15.6 Å². The number of alkyl halides is 3. The minimum Gasteiger partial charge on any atom is -0.489 e. The lowest BCUT2D eigenvalue weighted by Gasteiger charge is -2.37. The summed E-state index contributed by atoms with van der Waals surface area (Å²) in [6, 6.07) is 3.26. The standard InChI is InChI=1S/C19H23F3N4O2S/c1-23-9-12-8-13(26-12)10-28-16-14(18-25-4-5-29-18)6-11(7-15(16)24-2)17(27-3)19(20,21)22/h4-7,12-13,17,23,26H,2,8-10H2,1,3H3. The van der Waals surface area contributed by atoms with Gasteiger partial charge in [0.25, 0.3) is 0 Å². The number of likely N-dealkylation sites (N-methyl/N-ethyl adjacent to an activating group) is 1. The van der Waals surface area contributed by atoms with Crippen molar-refractivity contribution < 1.29 is 22.6 Å². The van der Waals surface area contributed by atoms with Crippen LogP contribution in [-0.4, -0.2) is 57.3 Å². The van der Waals surface area contributed by atoms with E-state index in [2.05, 4.69) is 27.3 Å². The number of hydrogen-bond donors (Lipinski definition) is 2. The van der Waals surface area contributed by atoms with E-state index in [0.717, 1.165) is 20.1 Å². The van der Waals surface area contributed by atoms with Crippen LogP contribution in [0.1, 0.15) is 18.1 Å². The Bertz CT molecular complexity index is 824. The average molecular weight is 428 g/mol. The zero-order valence-corrected chi connectivity index (χ0v) is 16.9. The highest BCUT2D eigenvalue weighted by Gasteiger charge is 2.42. The molecule has 0 amide bonds. The van der Waals surface area contributed by atoms with Crippen LogP contribution in [0.3, 0.4) is 0 Å². The number of methoxy groups -OCH3 is 1. The molecule has 2 aromatic rings. The van der Waals surface area contributed by atoms with Crippen molar-refractivity contribution in [3.63, 3.8) is 0 Å². The van der Waals surface area contributed by atoms with Crippen molar-refractivity contribution in [3.05, 3.63) is 29.3 Å². The number of nitrogens with one attached hydrogen (secondary N) is 2. The van der Waals surface area contributed by atoms with Gasteiger partial charge >= 0.3 is 6.18 Å². The first-order valence-electron chi connectivity index (χ1n) is 9.04. The molecule has 1 fully saturated rings. The maximum Gasteiger partial charge on any atom is 0.418 e. The molecular formula is C19H23F3N4O2S. The van der Waals surface area contributed by atoms with Crippen LogP contribution >= 0.6 is 11.3 Å². The molecule has 3 unspecified atom stereocenters. The Morgan fingerprint density at radius 3 is 2.72 bits per heavy atom. The molecule has 6 nitrogen and oxygen atoms in total. The van der Waals surface area contributed by atoms with Crippen LogP contribution in [0.2, 0.25) is 0 Å². The molecule has 1 aliphatic rings. The summed E-state index contributed by atoms with van der Waals surface area (Å²) in [5.74, 6) is 0.370. The molecular weight excluding hydrogens is 405 g/mol. The summed E-state index contributed by atoms with van der Waals surface area (Å²) in [6.45, 7) is 4.74. The predicted octanol–water partition coefficient (Wildman–Crippen LogP) is 3.72. The summed E-state index contributed by atoms with van der Waals surface area (Å²) in [5, 5.41) is 8.78. The van der Waals surface area contributed by atoms with Crippen molar-refractivity contribution >= 4 is 23.7 Å². The molecule has 10 heteroatoms.